The molecular weight excluding hydrogens is 494 g/mol. The van der Waals surface area contributed by atoms with Gasteiger partial charge in [-0.2, -0.15) is 0 Å². The number of carbonyl (C=O) groups is 1. The summed E-state index contributed by atoms with van der Waals surface area (Å²) in [5.41, 5.74) is 3.88. The van der Waals surface area contributed by atoms with Crippen molar-refractivity contribution >= 4 is 11.8 Å². The predicted molar refractivity (Wildman–Crippen MR) is 150 cm³/mol. The lowest BCUT2D eigenvalue weighted by Crippen LogP contribution is -2.55. The third-order valence-corrected chi connectivity index (χ3v) is 8.26. The number of benzene rings is 1. The number of hydrogen-bond donors (Lipinski definition) is 2. The fraction of sp³-hybridized carbons (Fsp3) is 0.613. The molecule has 0 spiro atoms. The molecule has 2 aromatic rings. The molecule has 212 valence electrons. The zero-order valence-electron chi connectivity index (χ0n) is 23.6. The van der Waals surface area contributed by atoms with E-state index in [-0.39, 0.29) is 17.8 Å². The molecule has 0 amide bonds. The minimum Gasteiger partial charge on any atom is -0.496 e. The van der Waals surface area contributed by atoms with E-state index >= 15 is 0 Å². The van der Waals surface area contributed by atoms with Crippen molar-refractivity contribution in [2.75, 3.05) is 38.7 Å². The first-order chi connectivity index (χ1) is 18.8. The number of aryl methyl sites for hydroxylation is 2. The van der Waals surface area contributed by atoms with E-state index in [1.165, 1.54) is 12.0 Å². The molecule has 1 aromatic carbocycles. The standard InChI is InChI=1S/C31H43N3O5/c1-31(2)16-15-26(39-31)27-24(11-7-12-25(27)37-3)28(30(35)36)34-19-23(20-34)38-18-6-4-5-10-22-14-13-21-9-8-17-32-29(21)33-22/h7,11-14,23,26,28H,4-6,8-10,15-20H2,1-3H3,(H,32,33)(H,35,36). The number of nitrogens with one attached hydrogen (secondary N) is 1. The van der Waals surface area contributed by atoms with E-state index in [4.69, 9.17) is 19.2 Å². The number of aromatic nitrogens is 1. The first-order valence-electron chi connectivity index (χ1n) is 14.5. The lowest BCUT2D eigenvalue weighted by Gasteiger charge is -2.43. The van der Waals surface area contributed by atoms with Gasteiger partial charge in [-0.3, -0.25) is 9.69 Å². The maximum absolute atomic E-state index is 12.5. The van der Waals surface area contributed by atoms with E-state index in [9.17, 15) is 9.90 Å². The lowest BCUT2D eigenvalue weighted by atomic mass is 9.91. The Morgan fingerprint density at radius 2 is 2.08 bits per heavy atom. The molecule has 2 unspecified atom stereocenters. The molecule has 2 fully saturated rings. The summed E-state index contributed by atoms with van der Waals surface area (Å²) in [5.74, 6) is 0.903. The zero-order chi connectivity index (χ0) is 27.4. The Morgan fingerprint density at radius 3 is 2.82 bits per heavy atom. The van der Waals surface area contributed by atoms with Gasteiger partial charge in [0.05, 0.1) is 24.9 Å². The number of likely N-dealkylation sites (tertiary alicyclic amines) is 1. The molecule has 4 heterocycles. The molecule has 0 radical (unpaired) electrons. The van der Waals surface area contributed by atoms with Crippen LogP contribution in [-0.4, -0.2) is 66.0 Å². The fourth-order valence-corrected chi connectivity index (χ4v) is 6.12. The molecule has 2 atom stereocenters. The highest BCUT2D eigenvalue weighted by atomic mass is 16.5. The number of carboxylic acid groups (broad SMARTS) is 1. The summed E-state index contributed by atoms with van der Waals surface area (Å²) < 4.78 is 18.1. The molecule has 1 aromatic heterocycles. The first-order valence-corrected chi connectivity index (χ1v) is 14.5. The number of nitrogens with zero attached hydrogens (tertiary/aromatic N) is 2. The Kier molecular flexibility index (Phi) is 8.74. The summed E-state index contributed by atoms with van der Waals surface area (Å²) in [5, 5.41) is 13.7. The van der Waals surface area contributed by atoms with Crippen LogP contribution in [0.4, 0.5) is 5.82 Å². The van der Waals surface area contributed by atoms with Crippen molar-refractivity contribution in [1.82, 2.24) is 9.88 Å². The van der Waals surface area contributed by atoms with Crippen LogP contribution >= 0.6 is 0 Å². The van der Waals surface area contributed by atoms with Crippen LogP contribution in [-0.2, 0) is 27.1 Å². The maximum atomic E-state index is 12.5. The summed E-state index contributed by atoms with van der Waals surface area (Å²) in [6.45, 7) is 7.09. The zero-order valence-corrected chi connectivity index (χ0v) is 23.6. The number of hydrogen-bond acceptors (Lipinski definition) is 7. The molecule has 0 bridgehead atoms. The molecule has 0 aliphatic carbocycles. The predicted octanol–water partition coefficient (Wildman–Crippen LogP) is 5.32. The summed E-state index contributed by atoms with van der Waals surface area (Å²) in [6.07, 6.45) is 8.12. The van der Waals surface area contributed by atoms with Gasteiger partial charge >= 0.3 is 5.97 Å². The third kappa shape index (κ3) is 6.56. The van der Waals surface area contributed by atoms with Crippen LogP contribution in [0.5, 0.6) is 5.75 Å². The normalized spacial score (nSPS) is 21.6. The second kappa shape index (κ2) is 12.2. The lowest BCUT2D eigenvalue weighted by molar-refractivity contribution is -0.151. The summed E-state index contributed by atoms with van der Waals surface area (Å²) in [4.78, 5) is 19.3. The topological polar surface area (TPSA) is 93.2 Å². The summed E-state index contributed by atoms with van der Waals surface area (Å²) in [6, 6.07) is 9.31. The van der Waals surface area contributed by atoms with E-state index in [1.807, 2.05) is 23.1 Å². The molecular formula is C31H43N3O5. The van der Waals surface area contributed by atoms with E-state index in [0.29, 0.717) is 25.4 Å². The first kappa shape index (κ1) is 27.9. The van der Waals surface area contributed by atoms with Gasteiger partial charge in [0.25, 0.3) is 0 Å². The van der Waals surface area contributed by atoms with Crippen molar-refractivity contribution < 1.29 is 24.1 Å². The van der Waals surface area contributed by atoms with Crippen molar-refractivity contribution in [3.63, 3.8) is 0 Å². The fourth-order valence-electron chi connectivity index (χ4n) is 6.12. The van der Waals surface area contributed by atoms with Gasteiger partial charge in [-0.1, -0.05) is 24.6 Å². The van der Waals surface area contributed by atoms with Crippen LogP contribution < -0.4 is 10.1 Å². The Bertz CT molecular complexity index is 1150. The molecule has 2 N–H and O–H groups in total. The van der Waals surface area contributed by atoms with Crippen LogP contribution in [0, 0.1) is 0 Å². The SMILES string of the molecule is COc1cccc(C(C(=O)O)N2CC(OCCCCCc3ccc4c(n3)NCCC4)C2)c1C1CCC(C)(C)O1. The molecule has 3 aliphatic rings. The highest BCUT2D eigenvalue weighted by Crippen LogP contribution is 2.46. The molecule has 8 nitrogen and oxygen atoms in total. The molecule has 5 rings (SSSR count). The number of fused-ring (bicyclic) bond motifs is 1. The van der Waals surface area contributed by atoms with E-state index in [2.05, 4.69) is 31.3 Å². The number of aliphatic carboxylic acids is 1. The number of anilines is 1. The van der Waals surface area contributed by atoms with Crippen LogP contribution in [0.3, 0.4) is 0 Å². The Labute approximate surface area is 232 Å². The van der Waals surface area contributed by atoms with Crippen molar-refractivity contribution in [2.24, 2.45) is 0 Å². The Balaban J connectivity index is 1.09. The average Bonchev–Trinajstić information content (AvgIpc) is 3.27. The second-order valence-electron chi connectivity index (χ2n) is 11.7. The molecule has 39 heavy (non-hydrogen) atoms. The molecule has 3 aliphatic heterocycles. The van der Waals surface area contributed by atoms with Gasteiger partial charge in [-0.05, 0) is 82.1 Å². The maximum Gasteiger partial charge on any atom is 0.325 e. The van der Waals surface area contributed by atoms with E-state index < -0.39 is 12.0 Å². The summed E-state index contributed by atoms with van der Waals surface area (Å²) >= 11 is 0. The van der Waals surface area contributed by atoms with Crippen LogP contribution in [0.15, 0.2) is 30.3 Å². The quantitative estimate of drug-likeness (QED) is 0.352. The minimum atomic E-state index is -0.855. The Hall–Kier alpha value is -2.68. The van der Waals surface area contributed by atoms with E-state index in [0.717, 1.165) is 74.1 Å². The van der Waals surface area contributed by atoms with Crippen molar-refractivity contribution in [3.8, 4) is 5.75 Å². The second-order valence-corrected chi connectivity index (χ2v) is 11.7. The minimum absolute atomic E-state index is 0.0657. The number of rotatable bonds is 12. The van der Waals surface area contributed by atoms with Gasteiger partial charge in [-0.15, -0.1) is 0 Å². The van der Waals surface area contributed by atoms with Gasteiger partial charge in [0.2, 0.25) is 0 Å². The number of ether oxygens (including phenoxy) is 3. The number of methoxy groups -OCH3 is 1. The van der Waals surface area contributed by atoms with Gasteiger partial charge in [0.15, 0.2) is 0 Å². The van der Waals surface area contributed by atoms with Crippen LogP contribution in [0.25, 0.3) is 0 Å². The molecule has 2 saturated heterocycles. The van der Waals surface area contributed by atoms with Gasteiger partial charge < -0.3 is 24.6 Å². The highest BCUT2D eigenvalue weighted by molar-refractivity contribution is 5.77. The number of carboxylic acids is 1. The van der Waals surface area contributed by atoms with Crippen molar-refractivity contribution in [1.29, 1.82) is 0 Å². The molecule has 0 saturated carbocycles. The number of unbranched alkanes of at least 4 members (excludes halogenated alkanes) is 2. The van der Waals surface area contributed by atoms with Crippen LogP contribution in [0.2, 0.25) is 0 Å². The van der Waals surface area contributed by atoms with Gasteiger partial charge in [-0.25, -0.2) is 4.98 Å². The van der Waals surface area contributed by atoms with Crippen molar-refractivity contribution in [3.05, 3.63) is 52.7 Å². The monoisotopic (exact) mass is 537 g/mol. The highest BCUT2D eigenvalue weighted by Gasteiger charge is 2.42. The molecule has 8 heteroatoms. The average molecular weight is 538 g/mol. The smallest absolute Gasteiger partial charge is 0.325 e. The third-order valence-electron chi connectivity index (χ3n) is 8.26. The Morgan fingerprint density at radius 1 is 1.23 bits per heavy atom. The van der Waals surface area contributed by atoms with Gasteiger partial charge in [0.1, 0.15) is 17.6 Å². The largest absolute Gasteiger partial charge is 0.496 e. The number of pyridine rings is 1. The van der Waals surface area contributed by atoms with E-state index in [1.54, 1.807) is 7.11 Å². The van der Waals surface area contributed by atoms with Crippen LogP contribution in [0.1, 0.15) is 86.9 Å². The van der Waals surface area contributed by atoms with Gasteiger partial charge in [0, 0.05) is 37.5 Å². The summed E-state index contributed by atoms with van der Waals surface area (Å²) in [7, 11) is 1.63. The van der Waals surface area contributed by atoms with Crippen molar-refractivity contribution in [2.45, 2.75) is 89.1 Å².